The lowest BCUT2D eigenvalue weighted by Gasteiger charge is -2.27. The van der Waals surface area contributed by atoms with Crippen molar-refractivity contribution in [1.29, 1.82) is 0 Å². The molecular weight excluding hydrogens is 302 g/mol. The van der Waals surface area contributed by atoms with Crippen LogP contribution >= 0.6 is 0 Å². The Kier molecular flexibility index (Phi) is 5.58. The molecule has 0 N–H and O–H groups in total. The van der Waals surface area contributed by atoms with Gasteiger partial charge in [-0.05, 0) is 44.4 Å². The lowest BCUT2D eigenvalue weighted by molar-refractivity contribution is 0.0240. The number of carbonyl (C=O) groups excluding carboxylic acids is 1. The minimum atomic E-state index is -0.506. The van der Waals surface area contributed by atoms with Gasteiger partial charge >= 0.3 is 6.09 Å². The molecule has 2 atom stereocenters. The lowest BCUT2D eigenvalue weighted by Crippen LogP contribution is -2.39. The third-order valence-electron chi connectivity index (χ3n) is 4.05. The third kappa shape index (κ3) is 4.76. The highest BCUT2D eigenvalue weighted by Crippen LogP contribution is 2.26. The summed E-state index contributed by atoms with van der Waals surface area (Å²) >= 11 is 0. The normalized spacial score (nSPS) is 21.0. The molecule has 0 spiro atoms. The molecule has 24 heavy (non-hydrogen) atoms. The number of amides is 1. The minimum Gasteiger partial charge on any atom is -0.488 e. The molecule has 1 aliphatic heterocycles. The Morgan fingerprint density at radius 2 is 1.92 bits per heavy atom. The first-order valence-electron chi connectivity index (χ1n) is 8.58. The van der Waals surface area contributed by atoms with E-state index in [9.17, 15) is 4.79 Å². The Morgan fingerprint density at radius 1 is 1.29 bits per heavy atom. The highest BCUT2D eigenvalue weighted by atomic mass is 16.6. The van der Waals surface area contributed by atoms with Crippen molar-refractivity contribution in [2.24, 2.45) is 0 Å². The van der Waals surface area contributed by atoms with E-state index in [0.717, 1.165) is 12.2 Å². The Bertz CT molecular complexity index is 572. The summed E-state index contributed by atoms with van der Waals surface area (Å²) in [6, 6.07) is 8.11. The van der Waals surface area contributed by atoms with Crippen LogP contribution in [0, 0.1) is 0 Å². The number of carbonyl (C=O) groups is 1. The van der Waals surface area contributed by atoms with Crippen LogP contribution in [0.25, 0.3) is 0 Å². The SMILES string of the molecule is C=C[C@@H]1C[C@@H](Oc2ccc(C(C)C)cc2)CN1C(=O)OC(C)(C)C. The summed E-state index contributed by atoms with van der Waals surface area (Å²) in [5.41, 5.74) is 0.780. The van der Waals surface area contributed by atoms with Crippen LogP contribution in [0.3, 0.4) is 0 Å². The number of rotatable bonds is 4. The first kappa shape index (κ1) is 18.4. The second kappa shape index (κ2) is 7.29. The van der Waals surface area contributed by atoms with Gasteiger partial charge in [-0.15, -0.1) is 6.58 Å². The monoisotopic (exact) mass is 331 g/mol. The van der Waals surface area contributed by atoms with Crippen molar-refractivity contribution < 1.29 is 14.3 Å². The van der Waals surface area contributed by atoms with Crippen molar-refractivity contribution in [2.45, 2.75) is 64.7 Å². The molecule has 0 aromatic heterocycles. The molecule has 1 aliphatic rings. The summed E-state index contributed by atoms with van der Waals surface area (Å²) in [6.45, 7) is 14.3. The molecule has 1 fully saturated rings. The average molecular weight is 331 g/mol. The number of likely N-dealkylation sites (tertiary alicyclic amines) is 1. The zero-order chi connectivity index (χ0) is 17.9. The van der Waals surface area contributed by atoms with Gasteiger partial charge in [-0.25, -0.2) is 4.79 Å². The maximum absolute atomic E-state index is 12.3. The predicted molar refractivity (Wildman–Crippen MR) is 96.5 cm³/mol. The molecule has 132 valence electrons. The number of nitrogens with zero attached hydrogens (tertiary/aromatic N) is 1. The fraction of sp³-hybridized carbons (Fsp3) is 0.550. The second-order valence-corrected chi connectivity index (χ2v) is 7.64. The molecule has 0 unspecified atom stereocenters. The zero-order valence-electron chi connectivity index (χ0n) is 15.4. The van der Waals surface area contributed by atoms with E-state index in [1.165, 1.54) is 5.56 Å². The molecule has 4 nitrogen and oxygen atoms in total. The van der Waals surface area contributed by atoms with Gasteiger partial charge in [0, 0.05) is 6.42 Å². The highest BCUT2D eigenvalue weighted by Gasteiger charge is 2.37. The van der Waals surface area contributed by atoms with Gasteiger partial charge in [0.1, 0.15) is 17.5 Å². The van der Waals surface area contributed by atoms with Crippen LogP contribution in [0.1, 0.15) is 52.5 Å². The molecular formula is C20H29NO3. The summed E-state index contributed by atoms with van der Waals surface area (Å²) < 4.78 is 11.5. The van der Waals surface area contributed by atoms with Crippen molar-refractivity contribution in [1.82, 2.24) is 4.90 Å². The van der Waals surface area contributed by atoms with Gasteiger partial charge in [-0.3, -0.25) is 4.90 Å². The summed E-state index contributed by atoms with van der Waals surface area (Å²) in [5.74, 6) is 1.33. The van der Waals surface area contributed by atoms with Crippen LogP contribution < -0.4 is 4.74 Å². The van der Waals surface area contributed by atoms with Gasteiger partial charge in [0.25, 0.3) is 0 Å². The summed E-state index contributed by atoms with van der Waals surface area (Å²) in [4.78, 5) is 14.0. The fourth-order valence-corrected chi connectivity index (χ4v) is 2.79. The molecule has 1 heterocycles. The Hall–Kier alpha value is -1.97. The van der Waals surface area contributed by atoms with Crippen LogP contribution in [0.2, 0.25) is 0 Å². The van der Waals surface area contributed by atoms with E-state index >= 15 is 0 Å². The van der Waals surface area contributed by atoms with Gasteiger partial charge in [0.05, 0.1) is 12.6 Å². The quantitative estimate of drug-likeness (QED) is 0.747. The van der Waals surface area contributed by atoms with Crippen LogP contribution in [-0.2, 0) is 4.74 Å². The smallest absolute Gasteiger partial charge is 0.410 e. The summed E-state index contributed by atoms with van der Waals surface area (Å²) in [6.07, 6.45) is 2.16. The number of benzene rings is 1. The second-order valence-electron chi connectivity index (χ2n) is 7.64. The van der Waals surface area contributed by atoms with Crippen LogP contribution in [0.4, 0.5) is 4.79 Å². The Balaban J connectivity index is 2.00. The molecule has 0 radical (unpaired) electrons. The minimum absolute atomic E-state index is 0.0505. The first-order chi connectivity index (χ1) is 11.2. The fourth-order valence-electron chi connectivity index (χ4n) is 2.79. The van der Waals surface area contributed by atoms with Gasteiger partial charge in [0.15, 0.2) is 0 Å². The lowest BCUT2D eigenvalue weighted by atomic mass is 10.0. The number of hydrogen-bond acceptors (Lipinski definition) is 3. The zero-order valence-corrected chi connectivity index (χ0v) is 15.4. The molecule has 0 aliphatic carbocycles. The van der Waals surface area contributed by atoms with Crippen LogP contribution in [0.15, 0.2) is 36.9 Å². The van der Waals surface area contributed by atoms with E-state index in [1.54, 1.807) is 11.0 Å². The van der Waals surface area contributed by atoms with Gasteiger partial charge in [-0.2, -0.15) is 0 Å². The standard InChI is InChI=1S/C20H29NO3/c1-7-16-12-18(13-21(16)19(22)24-20(4,5)6)23-17-10-8-15(9-11-17)14(2)3/h7-11,14,16,18H,1,12-13H2,2-6H3/t16-,18-/m1/s1. The summed E-state index contributed by atoms with van der Waals surface area (Å²) in [5, 5.41) is 0. The maximum atomic E-state index is 12.3. The largest absolute Gasteiger partial charge is 0.488 e. The molecule has 0 bridgehead atoms. The van der Waals surface area contributed by atoms with E-state index in [1.807, 2.05) is 32.9 Å². The molecule has 1 aromatic rings. The van der Waals surface area contributed by atoms with Crippen molar-refractivity contribution >= 4 is 6.09 Å². The van der Waals surface area contributed by atoms with Gasteiger partial charge < -0.3 is 9.47 Å². The van der Waals surface area contributed by atoms with Crippen molar-refractivity contribution in [3.05, 3.63) is 42.5 Å². The average Bonchev–Trinajstić information content (AvgIpc) is 2.89. The van der Waals surface area contributed by atoms with E-state index in [0.29, 0.717) is 12.5 Å². The predicted octanol–water partition coefficient (Wildman–Crippen LogP) is 4.75. The molecule has 1 aromatic carbocycles. The molecule has 1 saturated heterocycles. The van der Waals surface area contributed by atoms with Gasteiger partial charge in [0.2, 0.25) is 0 Å². The van der Waals surface area contributed by atoms with E-state index in [4.69, 9.17) is 9.47 Å². The summed E-state index contributed by atoms with van der Waals surface area (Å²) in [7, 11) is 0. The number of hydrogen-bond donors (Lipinski definition) is 0. The molecule has 4 heteroatoms. The maximum Gasteiger partial charge on any atom is 0.410 e. The van der Waals surface area contributed by atoms with Crippen LogP contribution in [0.5, 0.6) is 5.75 Å². The van der Waals surface area contributed by atoms with Crippen molar-refractivity contribution in [2.75, 3.05) is 6.54 Å². The Morgan fingerprint density at radius 3 is 2.42 bits per heavy atom. The van der Waals surface area contributed by atoms with E-state index in [2.05, 4.69) is 32.6 Å². The number of ether oxygens (including phenoxy) is 2. The first-order valence-corrected chi connectivity index (χ1v) is 8.58. The van der Waals surface area contributed by atoms with E-state index < -0.39 is 5.60 Å². The van der Waals surface area contributed by atoms with Crippen molar-refractivity contribution in [3.8, 4) is 5.75 Å². The van der Waals surface area contributed by atoms with Crippen LogP contribution in [-0.4, -0.2) is 35.3 Å². The molecule has 0 saturated carbocycles. The van der Waals surface area contributed by atoms with E-state index in [-0.39, 0.29) is 18.2 Å². The Labute approximate surface area is 145 Å². The highest BCUT2D eigenvalue weighted by molar-refractivity contribution is 5.69. The van der Waals surface area contributed by atoms with Gasteiger partial charge in [-0.1, -0.05) is 32.1 Å². The topological polar surface area (TPSA) is 38.8 Å². The third-order valence-corrected chi connectivity index (χ3v) is 4.05. The molecule has 2 rings (SSSR count). The van der Waals surface area contributed by atoms with Crippen molar-refractivity contribution in [3.63, 3.8) is 0 Å². The molecule has 1 amide bonds.